The molecule has 148 valence electrons. The highest BCUT2D eigenvalue weighted by Crippen LogP contribution is 2.22. The topological polar surface area (TPSA) is 62.7 Å². The molecule has 0 bridgehead atoms. The van der Waals surface area contributed by atoms with Crippen LogP contribution in [0.5, 0.6) is 0 Å². The largest absolute Gasteiger partial charge is 0.361 e. The van der Waals surface area contributed by atoms with Crippen LogP contribution in [-0.2, 0) is 11.2 Å². The highest BCUT2D eigenvalue weighted by molar-refractivity contribution is 7.99. The molecule has 1 amide bonds. The number of carbonyl (C=O) groups excluding carboxylic acids is 1. The maximum atomic E-state index is 12.3. The van der Waals surface area contributed by atoms with Crippen molar-refractivity contribution in [3.63, 3.8) is 0 Å². The van der Waals surface area contributed by atoms with Gasteiger partial charge in [0.05, 0.1) is 5.75 Å². The second-order valence-electron chi connectivity index (χ2n) is 7.10. The lowest BCUT2D eigenvalue weighted by Gasteiger charge is -2.10. The van der Waals surface area contributed by atoms with E-state index >= 15 is 0 Å². The molecule has 4 rings (SSSR count). The lowest BCUT2D eigenvalue weighted by molar-refractivity contribution is -0.118. The number of rotatable bonds is 7. The van der Waals surface area contributed by atoms with Crippen molar-refractivity contribution in [1.82, 2.24) is 19.9 Å². The summed E-state index contributed by atoms with van der Waals surface area (Å²) in [7, 11) is 0. The van der Waals surface area contributed by atoms with E-state index in [1.54, 1.807) is 6.20 Å². The summed E-state index contributed by atoms with van der Waals surface area (Å²) in [5, 5.41) is 5.05. The lowest BCUT2D eigenvalue weighted by atomic mass is 10.1. The number of amides is 1. The minimum atomic E-state index is 0.0180. The number of aromatic nitrogens is 3. The Labute approximate surface area is 174 Å². The fourth-order valence-electron chi connectivity index (χ4n) is 3.32. The summed E-state index contributed by atoms with van der Waals surface area (Å²) in [4.78, 5) is 20.0. The van der Waals surface area contributed by atoms with Gasteiger partial charge in [-0.15, -0.1) is 0 Å². The van der Waals surface area contributed by atoms with Gasteiger partial charge in [-0.3, -0.25) is 9.36 Å². The van der Waals surface area contributed by atoms with Gasteiger partial charge in [-0.2, -0.15) is 0 Å². The molecular formula is C23H24N4OS. The van der Waals surface area contributed by atoms with Crippen molar-refractivity contribution in [2.45, 2.75) is 25.4 Å². The Bertz CT molecular complexity index is 1140. The second kappa shape index (κ2) is 8.57. The van der Waals surface area contributed by atoms with E-state index < -0.39 is 0 Å². The van der Waals surface area contributed by atoms with Crippen LogP contribution in [0.1, 0.15) is 16.7 Å². The molecule has 0 saturated heterocycles. The molecular weight excluding hydrogens is 380 g/mol. The first-order valence-corrected chi connectivity index (χ1v) is 10.7. The summed E-state index contributed by atoms with van der Waals surface area (Å²) in [6.45, 7) is 4.82. The molecule has 2 N–H and O–H groups in total. The molecule has 2 aromatic carbocycles. The molecule has 29 heavy (non-hydrogen) atoms. The quantitative estimate of drug-likeness (QED) is 0.448. The van der Waals surface area contributed by atoms with Crippen molar-refractivity contribution in [2.75, 3.05) is 12.3 Å². The SMILES string of the molecule is Cc1ccc(-n2ccnc2SCC(=O)NCCc2c[nH]c3ccccc23)cc1C. The fourth-order valence-corrected chi connectivity index (χ4v) is 4.13. The van der Waals surface area contributed by atoms with Crippen LogP contribution in [0.4, 0.5) is 0 Å². The molecule has 0 radical (unpaired) electrons. The summed E-state index contributed by atoms with van der Waals surface area (Å²) < 4.78 is 2.02. The monoisotopic (exact) mass is 404 g/mol. The number of aryl methyl sites for hydroxylation is 2. The van der Waals surface area contributed by atoms with E-state index in [0.29, 0.717) is 12.3 Å². The third-order valence-electron chi connectivity index (χ3n) is 5.10. The number of nitrogens with one attached hydrogen (secondary N) is 2. The number of aromatic amines is 1. The standard InChI is InChI=1S/C23H24N4OS/c1-16-7-8-19(13-17(16)2)27-12-11-25-23(27)29-15-22(28)24-10-9-18-14-26-21-6-4-3-5-20(18)21/h3-8,11-14,26H,9-10,15H2,1-2H3,(H,24,28). The Morgan fingerprint density at radius 2 is 2.03 bits per heavy atom. The molecule has 5 nitrogen and oxygen atoms in total. The molecule has 0 aliphatic heterocycles. The van der Waals surface area contributed by atoms with E-state index in [9.17, 15) is 4.79 Å². The maximum Gasteiger partial charge on any atom is 0.230 e. The number of carbonyl (C=O) groups is 1. The minimum absolute atomic E-state index is 0.0180. The van der Waals surface area contributed by atoms with E-state index in [4.69, 9.17) is 0 Å². The van der Waals surface area contributed by atoms with Crippen molar-refractivity contribution in [3.8, 4) is 5.69 Å². The number of hydrogen-bond acceptors (Lipinski definition) is 3. The van der Waals surface area contributed by atoms with Gasteiger partial charge in [-0.1, -0.05) is 36.0 Å². The normalized spacial score (nSPS) is 11.1. The van der Waals surface area contributed by atoms with Gasteiger partial charge in [0.25, 0.3) is 0 Å². The third kappa shape index (κ3) is 4.38. The van der Waals surface area contributed by atoms with Crippen LogP contribution in [-0.4, -0.2) is 32.7 Å². The van der Waals surface area contributed by atoms with E-state index in [-0.39, 0.29) is 5.91 Å². The molecule has 4 aromatic rings. The smallest absolute Gasteiger partial charge is 0.230 e. The summed E-state index contributed by atoms with van der Waals surface area (Å²) in [5.74, 6) is 0.361. The highest BCUT2D eigenvalue weighted by Gasteiger charge is 2.10. The Kier molecular flexibility index (Phi) is 5.71. The number of imidazole rings is 1. The zero-order chi connectivity index (χ0) is 20.2. The van der Waals surface area contributed by atoms with E-state index in [1.807, 2.05) is 29.1 Å². The zero-order valence-electron chi connectivity index (χ0n) is 16.6. The molecule has 2 heterocycles. The number of para-hydroxylation sites is 1. The predicted molar refractivity (Wildman–Crippen MR) is 119 cm³/mol. The van der Waals surface area contributed by atoms with Crippen LogP contribution in [0.15, 0.2) is 66.2 Å². The molecule has 2 aromatic heterocycles. The van der Waals surface area contributed by atoms with E-state index in [2.05, 4.69) is 59.5 Å². The molecule has 6 heteroatoms. The van der Waals surface area contributed by atoms with Crippen molar-refractivity contribution in [1.29, 1.82) is 0 Å². The zero-order valence-corrected chi connectivity index (χ0v) is 17.4. The van der Waals surface area contributed by atoms with E-state index in [1.165, 1.54) is 33.8 Å². The first kappa shape index (κ1) is 19.3. The molecule has 0 saturated carbocycles. The van der Waals surface area contributed by atoms with Crippen molar-refractivity contribution >= 4 is 28.6 Å². The summed E-state index contributed by atoms with van der Waals surface area (Å²) in [6, 6.07) is 14.5. The first-order valence-electron chi connectivity index (χ1n) is 9.67. The van der Waals surface area contributed by atoms with Crippen molar-refractivity contribution < 1.29 is 4.79 Å². The minimum Gasteiger partial charge on any atom is -0.361 e. The Morgan fingerprint density at radius 1 is 1.17 bits per heavy atom. The fraction of sp³-hybridized carbons (Fsp3) is 0.217. The molecule has 0 fully saturated rings. The van der Waals surface area contributed by atoms with Crippen LogP contribution in [0.2, 0.25) is 0 Å². The van der Waals surface area contributed by atoms with Crippen LogP contribution < -0.4 is 5.32 Å². The summed E-state index contributed by atoms with van der Waals surface area (Å²) in [6.07, 6.45) is 6.53. The summed E-state index contributed by atoms with van der Waals surface area (Å²) >= 11 is 1.45. The van der Waals surface area contributed by atoms with Crippen LogP contribution >= 0.6 is 11.8 Å². The maximum absolute atomic E-state index is 12.3. The van der Waals surface area contributed by atoms with Crippen LogP contribution in [0.3, 0.4) is 0 Å². The van der Waals surface area contributed by atoms with Gasteiger partial charge in [0, 0.05) is 41.7 Å². The van der Waals surface area contributed by atoms with Crippen molar-refractivity contribution in [3.05, 3.63) is 77.7 Å². The average Bonchev–Trinajstić information content (AvgIpc) is 3.36. The Hall–Kier alpha value is -2.99. The molecule has 0 unspecified atom stereocenters. The third-order valence-corrected chi connectivity index (χ3v) is 6.07. The van der Waals surface area contributed by atoms with Gasteiger partial charge in [0.15, 0.2) is 5.16 Å². The highest BCUT2D eigenvalue weighted by atomic mass is 32.2. The van der Waals surface area contributed by atoms with Gasteiger partial charge < -0.3 is 10.3 Å². The number of fused-ring (bicyclic) bond motifs is 1. The van der Waals surface area contributed by atoms with Gasteiger partial charge in [0.1, 0.15) is 0 Å². The van der Waals surface area contributed by atoms with E-state index in [0.717, 1.165) is 22.8 Å². The number of hydrogen-bond donors (Lipinski definition) is 2. The van der Waals surface area contributed by atoms with Gasteiger partial charge in [0.2, 0.25) is 5.91 Å². The number of benzene rings is 2. The Balaban J connectivity index is 1.31. The molecule has 0 aliphatic carbocycles. The molecule has 0 atom stereocenters. The van der Waals surface area contributed by atoms with Gasteiger partial charge >= 0.3 is 0 Å². The molecule has 0 aliphatic rings. The molecule has 0 spiro atoms. The van der Waals surface area contributed by atoms with Gasteiger partial charge in [-0.25, -0.2) is 4.98 Å². The number of nitrogens with zero attached hydrogens (tertiary/aromatic N) is 2. The Morgan fingerprint density at radius 3 is 2.90 bits per heavy atom. The van der Waals surface area contributed by atoms with Crippen LogP contribution in [0, 0.1) is 13.8 Å². The predicted octanol–water partition coefficient (Wildman–Crippen LogP) is 4.42. The van der Waals surface area contributed by atoms with Crippen LogP contribution in [0.25, 0.3) is 16.6 Å². The summed E-state index contributed by atoms with van der Waals surface area (Å²) in [5.41, 5.74) is 5.91. The second-order valence-corrected chi connectivity index (χ2v) is 8.04. The average molecular weight is 405 g/mol. The number of thioether (sulfide) groups is 1. The lowest BCUT2D eigenvalue weighted by Crippen LogP contribution is -2.27. The van der Waals surface area contributed by atoms with Crippen molar-refractivity contribution in [2.24, 2.45) is 0 Å². The number of H-pyrrole nitrogens is 1. The van der Waals surface area contributed by atoms with Gasteiger partial charge in [-0.05, 0) is 55.2 Å². The first-order chi connectivity index (χ1) is 14.1.